The van der Waals surface area contributed by atoms with Gasteiger partial charge in [0.15, 0.2) is 0 Å². The first-order valence-electron chi connectivity index (χ1n) is 27.6. The highest BCUT2D eigenvalue weighted by atomic mass is 15.2. The Morgan fingerprint density at radius 3 is 1.38 bits per heavy atom. The van der Waals surface area contributed by atoms with Crippen molar-refractivity contribution in [3.8, 4) is 55.9 Å². The van der Waals surface area contributed by atoms with E-state index in [0.717, 1.165) is 11.4 Å². The van der Waals surface area contributed by atoms with Crippen LogP contribution < -0.4 is 21.3 Å². The summed E-state index contributed by atoms with van der Waals surface area (Å²) in [5.74, 6) is 0. The molecule has 4 heterocycles. The standard InChI is InChI=1S/C74H58BN3/c1-73(2,3)51-35-37-60-61-38-36-52(74(4,5)6)44-68(61)77(67(60)43-51)54-45-69-71-70(46-54)78-65-33-21-20-32-59(65)62-40-50(58-31-19-17-29-56(58)48-24-12-8-13-25-48)42-64(72(62)78)75(71)63-41-49(34-39-66(63)76(69)53-26-14-9-15-27-53)57-30-18-16-28-55(57)47-22-10-7-11-23-47/h7-46H,1-6H3. The highest BCUT2D eigenvalue weighted by Crippen LogP contribution is 2.47. The van der Waals surface area contributed by atoms with E-state index in [9.17, 15) is 0 Å². The Hall–Kier alpha value is -9.12. The van der Waals surface area contributed by atoms with Crippen molar-refractivity contribution in [2.45, 2.75) is 52.4 Å². The fourth-order valence-electron chi connectivity index (χ4n) is 13.2. The van der Waals surface area contributed by atoms with Crippen LogP contribution in [0.1, 0.15) is 52.7 Å². The number of hydrogen-bond acceptors (Lipinski definition) is 1. The smallest absolute Gasteiger partial charge is 0.252 e. The Bertz CT molecular complexity index is 4500. The number of benzene rings is 11. The van der Waals surface area contributed by atoms with Gasteiger partial charge in [-0.2, -0.15) is 0 Å². The van der Waals surface area contributed by atoms with Crippen LogP contribution in [0.5, 0.6) is 0 Å². The van der Waals surface area contributed by atoms with Gasteiger partial charge in [0, 0.05) is 49.8 Å². The minimum Gasteiger partial charge on any atom is -0.311 e. The second kappa shape index (κ2) is 17.2. The van der Waals surface area contributed by atoms with Crippen LogP contribution in [0.4, 0.5) is 17.1 Å². The van der Waals surface area contributed by atoms with Gasteiger partial charge in [-0.05, 0) is 137 Å². The number of hydrogen-bond donors (Lipinski definition) is 0. The SMILES string of the molecule is CC(C)(C)c1ccc2c3ccc(C(C)(C)C)cc3n(-c3cc4c5c(c3)-n3c6ccccc6c6cc(-c7ccccc7-c7ccccc7)cc(c63)B5c3cc(-c5ccccc5-c5ccccc5)ccc3N4c3ccccc3)c2c1. The number of aromatic nitrogens is 2. The molecular weight excluding hydrogens is 942 g/mol. The predicted molar refractivity (Wildman–Crippen MR) is 334 cm³/mol. The topological polar surface area (TPSA) is 13.1 Å². The number of para-hydroxylation sites is 2. The van der Waals surface area contributed by atoms with Gasteiger partial charge in [-0.1, -0.05) is 230 Å². The van der Waals surface area contributed by atoms with Crippen LogP contribution in [0, 0.1) is 0 Å². The molecule has 0 fully saturated rings. The molecule has 0 unspecified atom stereocenters. The van der Waals surface area contributed by atoms with Crippen LogP contribution in [0.3, 0.4) is 0 Å². The van der Waals surface area contributed by atoms with Crippen LogP contribution in [-0.2, 0) is 10.8 Å². The van der Waals surface area contributed by atoms with Crippen LogP contribution in [-0.4, -0.2) is 15.8 Å². The van der Waals surface area contributed by atoms with Gasteiger partial charge in [-0.25, -0.2) is 0 Å². The Balaban J connectivity index is 1.10. The molecule has 0 saturated carbocycles. The number of anilines is 3. The molecule has 4 heteroatoms. The maximum atomic E-state index is 2.63. The van der Waals surface area contributed by atoms with E-state index < -0.39 is 0 Å². The summed E-state index contributed by atoms with van der Waals surface area (Å²) in [6, 6.07) is 91.6. The van der Waals surface area contributed by atoms with Gasteiger partial charge in [-0.3, -0.25) is 0 Å². The molecule has 372 valence electrons. The molecule has 0 saturated heterocycles. The van der Waals surface area contributed by atoms with Crippen LogP contribution in [0.2, 0.25) is 0 Å². The minimum atomic E-state index is -0.121. The first kappa shape index (κ1) is 46.2. The lowest BCUT2D eigenvalue weighted by Crippen LogP contribution is -2.60. The first-order chi connectivity index (χ1) is 38.0. The van der Waals surface area contributed by atoms with Crippen molar-refractivity contribution in [1.82, 2.24) is 9.13 Å². The maximum absolute atomic E-state index is 2.63. The zero-order valence-electron chi connectivity index (χ0n) is 45.0. The van der Waals surface area contributed by atoms with Crippen molar-refractivity contribution in [3.63, 3.8) is 0 Å². The van der Waals surface area contributed by atoms with E-state index in [1.807, 2.05) is 0 Å². The normalized spacial score (nSPS) is 12.9. The molecule has 15 rings (SSSR count). The van der Waals surface area contributed by atoms with Crippen LogP contribution >= 0.6 is 0 Å². The molecule has 0 radical (unpaired) electrons. The summed E-state index contributed by atoms with van der Waals surface area (Å²) in [6.45, 7) is 13.8. The lowest BCUT2D eigenvalue weighted by Gasteiger charge is -2.41. The summed E-state index contributed by atoms with van der Waals surface area (Å²) in [4.78, 5) is 2.57. The molecule has 2 aliphatic heterocycles. The summed E-state index contributed by atoms with van der Waals surface area (Å²) >= 11 is 0. The lowest BCUT2D eigenvalue weighted by molar-refractivity contribution is 0.591. The van der Waals surface area contributed by atoms with Crippen molar-refractivity contribution in [2.24, 2.45) is 0 Å². The highest BCUT2D eigenvalue weighted by Gasteiger charge is 2.43. The number of nitrogens with zero attached hydrogens (tertiary/aromatic N) is 3. The van der Waals surface area contributed by atoms with Gasteiger partial charge < -0.3 is 14.0 Å². The number of rotatable bonds is 6. The molecule has 0 spiro atoms. The molecule has 0 bridgehead atoms. The summed E-state index contributed by atoms with van der Waals surface area (Å²) < 4.78 is 5.22. The van der Waals surface area contributed by atoms with Gasteiger partial charge >= 0.3 is 0 Å². The highest BCUT2D eigenvalue weighted by molar-refractivity contribution is 7.00. The van der Waals surface area contributed by atoms with E-state index in [4.69, 9.17) is 0 Å². The summed E-state index contributed by atoms with van der Waals surface area (Å²) in [7, 11) is 0. The third kappa shape index (κ3) is 7.05. The fourth-order valence-corrected chi connectivity index (χ4v) is 13.2. The lowest BCUT2D eigenvalue weighted by atomic mass is 9.33. The summed E-state index contributed by atoms with van der Waals surface area (Å²) in [5, 5.41) is 5.04. The van der Waals surface area contributed by atoms with E-state index in [1.165, 1.54) is 133 Å². The Morgan fingerprint density at radius 2 is 0.795 bits per heavy atom. The summed E-state index contributed by atoms with van der Waals surface area (Å²) in [6.07, 6.45) is 0. The molecule has 0 aliphatic carbocycles. The minimum absolute atomic E-state index is 0.0464. The zero-order valence-corrected chi connectivity index (χ0v) is 45.0. The van der Waals surface area contributed by atoms with Crippen molar-refractivity contribution in [2.75, 3.05) is 4.90 Å². The molecule has 11 aromatic carbocycles. The van der Waals surface area contributed by atoms with Gasteiger partial charge in [-0.15, -0.1) is 0 Å². The average Bonchev–Trinajstić information content (AvgIpc) is 3.75. The van der Waals surface area contributed by atoms with E-state index in [1.54, 1.807) is 0 Å². The van der Waals surface area contributed by atoms with Crippen LogP contribution in [0.25, 0.3) is 99.5 Å². The van der Waals surface area contributed by atoms with E-state index in [0.29, 0.717) is 0 Å². The molecule has 2 aliphatic rings. The van der Waals surface area contributed by atoms with Gasteiger partial charge in [0.1, 0.15) is 0 Å². The number of fused-ring (bicyclic) bond motifs is 10. The maximum Gasteiger partial charge on any atom is 0.252 e. The Labute approximate surface area is 457 Å². The van der Waals surface area contributed by atoms with Crippen LogP contribution in [0.15, 0.2) is 243 Å². The molecule has 0 amide bonds. The molecule has 78 heavy (non-hydrogen) atoms. The second-order valence-electron chi connectivity index (χ2n) is 23.7. The molecule has 2 aromatic heterocycles. The summed E-state index contributed by atoms with van der Waals surface area (Å²) in [5.41, 5.74) is 26.9. The van der Waals surface area contributed by atoms with Gasteiger partial charge in [0.05, 0.1) is 22.2 Å². The van der Waals surface area contributed by atoms with Crippen molar-refractivity contribution in [1.29, 1.82) is 0 Å². The average molecular weight is 1000 g/mol. The third-order valence-corrected chi connectivity index (χ3v) is 17.0. The van der Waals surface area contributed by atoms with E-state index in [2.05, 4.69) is 298 Å². The Kier molecular flexibility index (Phi) is 10.2. The van der Waals surface area contributed by atoms with Crippen molar-refractivity contribution >= 4 is 83.8 Å². The third-order valence-electron chi connectivity index (χ3n) is 17.0. The predicted octanol–water partition coefficient (Wildman–Crippen LogP) is 17.8. The largest absolute Gasteiger partial charge is 0.311 e. The fraction of sp³-hybridized carbons (Fsp3) is 0.108. The molecule has 3 nitrogen and oxygen atoms in total. The van der Waals surface area contributed by atoms with Crippen molar-refractivity contribution < 1.29 is 0 Å². The van der Waals surface area contributed by atoms with Crippen molar-refractivity contribution in [3.05, 3.63) is 254 Å². The quantitative estimate of drug-likeness (QED) is 0.151. The van der Waals surface area contributed by atoms with Gasteiger partial charge in [0.25, 0.3) is 6.71 Å². The van der Waals surface area contributed by atoms with E-state index >= 15 is 0 Å². The van der Waals surface area contributed by atoms with E-state index in [-0.39, 0.29) is 17.5 Å². The molecule has 0 N–H and O–H groups in total. The van der Waals surface area contributed by atoms with Gasteiger partial charge in [0.2, 0.25) is 0 Å². The first-order valence-corrected chi connectivity index (χ1v) is 27.6. The molecule has 0 atom stereocenters. The Morgan fingerprint density at radius 1 is 0.308 bits per heavy atom. The molecule has 13 aromatic rings. The molecular formula is C74H58BN3. The second-order valence-corrected chi connectivity index (χ2v) is 23.7. The monoisotopic (exact) mass is 999 g/mol. The zero-order chi connectivity index (χ0) is 52.6.